The number of para-hydroxylation sites is 1. The van der Waals surface area contributed by atoms with Crippen molar-refractivity contribution < 1.29 is 9.47 Å². The fourth-order valence-corrected chi connectivity index (χ4v) is 3.33. The van der Waals surface area contributed by atoms with Crippen molar-refractivity contribution in [3.05, 3.63) is 69.1 Å². The van der Waals surface area contributed by atoms with Gasteiger partial charge in [-0.05, 0) is 50.6 Å². The molecule has 0 saturated heterocycles. The zero-order valence-electron chi connectivity index (χ0n) is 17.0. The highest BCUT2D eigenvalue weighted by Crippen LogP contribution is 2.36. The molecule has 152 valence electrons. The number of hydrogen-bond acceptors (Lipinski definition) is 4. The molecular formula is C22H24ClN3O3. The Labute approximate surface area is 175 Å². The van der Waals surface area contributed by atoms with Crippen molar-refractivity contribution in [3.63, 3.8) is 0 Å². The largest absolute Gasteiger partial charge is 0.490 e. The summed E-state index contributed by atoms with van der Waals surface area (Å²) in [6.45, 7) is 6.61. The summed E-state index contributed by atoms with van der Waals surface area (Å²) in [7, 11) is 1.84. The Morgan fingerprint density at radius 3 is 2.45 bits per heavy atom. The van der Waals surface area contributed by atoms with Gasteiger partial charge in [-0.2, -0.15) is 0 Å². The number of hydrogen-bond donors (Lipinski definition) is 0. The standard InChI is InChI=1S/C22H24ClN3O3/c1-5-28-19-13-16(12-18(23)21(19)29-6-2)14-24-20-15(3)25(4)26(22(20)27)17-10-8-7-9-11-17/h7-14H,5-6H2,1-4H3. The van der Waals surface area contributed by atoms with Crippen molar-refractivity contribution in [1.29, 1.82) is 0 Å². The van der Waals surface area contributed by atoms with E-state index in [9.17, 15) is 4.79 Å². The third-order valence-electron chi connectivity index (χ3n) is 4.49. The topological polar surface area (TPSA) is 57.8 Å². The fourth-order valence-electron chi connectivity index (χ4n) is 3.05. The predicted octanol–water partition coefficient (Wildman–Crippen LogP) is 4.69. The average molecular weight is 414 g/mol. The summed E-state index contributed by atoms with van der Waals surface area (Å²) in [5.74, 6) is 1.06. The van der Waals surface area contributed by atoms with Crippen LogP contribution in [0.3, 0.4) is 0 Å². The number of halogens is 1. The summed E-state index contributed by atoms with van der Waals surface area (Å²) >= 11 is 6.37. The van der Waals surface area contributed by atoms with Gasteiger partial charge in [0, 0.05) is 13.3 Å². The molecule has 0 unspecified atom stereocenters. The van der Waals surface area contributed by atoms with Gasteiger partial charge in [0.2, 0.25) is 0 Å². The average Bonchev–Trinajstić information content (AvgIpc) is 2.92. The highest BCUT2D eigenvalue weighted by atomic mass is 35.5. The lowest BCUT2D eigenvalue weighted by Crippen LogP contribution is -2.19. The summed E-state index contributed by atoms with van der Waals surface area (Å²) in [6.07, 6.45) is 1.61. The van der Waals surface area contributed by atoms with E-state index in [4.69, 9.17) is 21.1 Å². The van der Waals surface area contributed by atoms with Gasteiger partial charge in [-0.1, -0.05) is 29.8 Å². The molecule has 0 N–H and O–H groups in total. The molecule has 29 heavy (non-hydrogen) atoms. The van der Waals surface area contributed by atoms with Crippen LogP contribution in [0.25, 0.3) is 5.69 Å². The molecule has 0 amide bonds. The minimum Gasteiger partial charge on any atom is -0.490 e. The zero-order valence-corrected chi connectivity index (χ0v) is 17.7. The Bertz CT molecular complexity index is 1080. The SMILES string of the molecule is CCOc1cc(C=Nc2c(C)n(C)n(-c3ccccc3)c2=O)cc(Cl)c1OCC. The van der Waals surface area contributed by atoms with Gasteiger partial charge >= 0.3 is 0 Å². The van der Waals surface area contributed by atoms with Crippen molar-refractivity contribution in [2.24, 2.45) is 12.0 Å². The second kappa shape index (κ2) is 9.01. The molecule has 3 rings (SSSR count). The Kier molecular flexibility index (Phi) is 6.44. The van der Waals surface area contributed by atoms with Gasteiger partial charge in [0.1, 0.15) is 0 Å². The number of aromatic nitrogens is 2. The van der Waals surface area contributed by atoms with E-state index < -0.39 is 0 Å². The van der Waals surface area contributed by atoms with E-state index in [1.807, 2.05) is 58.2 Å². The van der Waals surface area contributed by atoms with Crippen LogP contribution < -0.4 is 15.0 Å². The number of rotatable bonds is 7. The lowest BCUT2D eigenvalue weighted by molar-refractivity contribution is 0.288. The quantitative estimate of drug-likeness (QED) is 0.528. The molecule has 3 aromatic rings. The van der Waals surface area contributed by atoms with E-state index in [1.54, 1.807) is 27.7 Å². The molecule has 0 fully saturated rings. The van der Waals surface area contributed by atoms with Crippen LogP contribution >= 0.6 is 11.6 Å². The molecule has 2 aromatic carbocycles. The molecule has 1 aromatic heterocycles. The molecule has 0 aliphatic heterocycles. The minimum absolute atomic E-state index is 0.186. The van der Waals surface area contributed by atoms with Crippen LogP contribution in [-0.2, 0) is 7.05 Å². The van der Waals surface area contributed by atoms with E-state index in [2.05, 4.69) is 4.99 Å². The molecule has 0 aliphatic rings. The molecule has 0 radical (unpaired) electrons. The van der Waals surface area contributed by atoms with E-state index in [0.717, 1.165) is 16.9 Å². The van der Waals surface area contributed by atoms with Gasteiger partial charge in [-0.25, -0.2) is 9.67 Å². The van der Waals surface area contributed by atoms with Crippen LogP contribution in [-0.4, -0.2) is 28.8 Å². The van der Waals surface area contributed by atoms with Crippen molar-refractivity contribution in [3.8, 4) is 17.2 Å². The van der Waals surface area contributed by atoms with Crippen LogP contribution in [0.15, 0.2) is 52.3 Å². The maximum absolute atomic E-state index is 13.0. The second-order valence-electron chi connectivity index (χ2n) is 6.36. The highest BCUT2D eigenvalue weighted by molar-refractivity contribution is 6.32. The summed E-state index contributed by atoms with van der Waals surface area (Å²) in [5.41, 5.74) is 2.45. The van der Waals surface area contributed by atoms with Crippen LogP contribution in [0, 0.1) is 6.92 Å². The van der Waals surface area contributed by atoms with Crippen LogP contribution in [0.2, 0.25) is 5.02 Å². The van der Waals surface area contributed by atoms with Crippen molar-refractivity contribution in [2.45, 2.75) is 20.8 Å². The fraction of sp³-hybridized carbons (Fsp3) is 0.273. The van der Waals surface area contributed by atoms with Crippen LogP contribution in [0.5, 0.6) is 11.5 Å². The van der Waals surface area contributed by atoms with E-state index in [-0.39, 0.29) is 5.56 Å². The Morgan fingerprint density at radius 1 is 1.10 bits per heavy atom. The summed E-state index contributed by atoms with van der Waals surface area (Å²) in [4.78, 5) is 17.4. The lowest BCUT2D eigenvalue weighted by atomic mass is 10.2. The molecule has 0 aliphatic carbocycles. The van der Waals surface area contributed by atoms with Crippen molar-refractivity contribution in [1.82, 2.24) is 9.36 Å². The highest BCUT2D eigenvalue weighted by Gasteiger charge is 2.16. The number of ether oxygens (including phenoxy) is 2. The van der Waals surface area contributed by atoms with E-state index in [1.165, 1.54) is 0 Å². The minimum atomic E-state index is -0.186. The third kappa shape index (κ3) is 4.22. The van der Waals surface area contributed by atoms with Crippen LogP contribution in [0.1, 0.15) is 25.1 Å². The molecule has 1 heterocycles. The Balaban J connectivity index is 2.02. The maximum Gasteiger partial charge on any atom is 0.297 e. The van der Waals surface area contributed by atoms with Gasteiger partial charge in [0.15, 0.2) is 17.2 Å². The van der Waals surface area contributed by atoms with E-state index >= 15 is 0 Å². The first-order valence-corrected chi connectivity index (χ1v) is 9.82. The third-order valence-corrected chi connectivity index (χ3v) is 4.77. The summed E-state index contributed by atoms with van der Waals surface area (Å²) < 4.78 is 14.6. The Hall–Kier alpha value is -2.99. The predicted molar refractivity (Wildman–Crippen MR) is 117 cm³/mol. The lowest BCUT2D eigenvalue weighted by Gasteiger charge is -2.13. The molecule has 0 atom stereocenters. The van der Waals surface area contributed by atoms with Gasteiger partial charge in [-0.3, -0.25) is 9.48 Å². The summed E-state index contributed by atoms with van der Waals surface area (Å²) in [6, 6.07) is 13.0. The smallest absolute Gasteiger partial charge is 0.297 e. The van der Waals surface area contributed by atoms with E-state index in [0.29, 0.717) is 35.4 Å². The summed E-state index contributed by atoms with van der Waals surface area (Å²) in [5, 5.41) is 0.436. The molecule has 0 saturated carbocycles. The monoisotopic (exact) mass is 413 g/mol. The van der Waals surface area contributed by atoms with Gasteiger partial charge < -0.3 is 9.47 Å². The second-order valence-corrected chi connectivity index (χ2v) is 6.77. The Morgan fingerprint density at radius 2 is 1.79 bits per heavy atom. The first kappa shape index (κ1) is 20.7. The molecule has 6 nitrogen and oxygen atoms in total. The van der Waals surface area contributed by atoms with Gasteiger partial charge in [-0.15, -0.1) is 0 Å². The van der Waals surface area contributed by atoms with Crippen molar-refractivity contribution in [2.75, 3.05) is 13.2 Å². The number of benzene rings is 2. The zero-order chi connectivity index (χ0) is 21.0. The number of nitrogens with zero attached hydrogens (tertiary/aromatic N) is 3. The van der Waals surface area contributed by atoms with Crippen molar-refractivity contribution >= 4 is 23.5 Å². The molecule has 0 bridgehead atoms. The molecule has 7 heteroatoms. The molecular weight excluding hydrogens is 390 g/mol. The molecule has 0 spiro atoms. The number of aliphatic imine (C=N–C) groups is 1. The van der Waals surface area contributed by atoms with Gasteiger partial charge in [0.05, 0.1) is 29.6 Å². The van der Waals surface area contributed by atoms with Gasteiger partial charge in [0.25, 0.3) is 5.56 Å². The first-order valence-electron chi connectivity index (χ1n) is 9.45. The normalized spacial score (nSPS) is 11.2. The first-order chi connectivity index (χ1) is 14.0. The maximum atomic E-state index is 13.0. The van der Waals surface area contributed by atoms with Crippen LogP contribution in [0.4, 0.5) is 5.69 Å².